The summed E-state index contributed by atoms with van der Waals surface area (Å²) < 4.78 is 16.7. The number of carbonyl (C=O) groups excluding carboxylic acids is 1. The lowest BCUT2D eigenvalue weighted by atomic mass is 10.1. The number of hydrogen-bond donors (Lipinski definition) is 1. The summed E-state index contributed by atoms with van der Waals surface area (Å²) in [6.07, 6.45) is 5.57. The second-order valence-electron chi connectivity index (χ2n) is 9.43. The van der Waals surface area contributed by atoms with Crippen LogP contribution in [0.1, 0.15) is 44.1 Å². The lowest BCUT2D eigenvalue weighted by Crippen LogP contribution is -2.37. The van der Waals surface area contributed by atoms with Crippen molar-refractivity contribution in [1.29, 1.82) is 0 Å². The highest BCUT2D eigenvalue weighted by Gasteiger charge is 2.24. The summed E-state index contributed by atoms with van der Waals surface area (Å²) in [7, 11) is 0. The fourth-order valence-corrected chi connectivity index (χ4v) is 4.02. The number of alkyl carbamates (subject to hydrolysis) is 1. The van der Waals surface area contributed by atoms with Gasteiger partial charge in [0.1, 0.15) is 17.6 Å². The van der Waals surface area contributed by atoms with Crippen LogP contribution in [0.5, 0.6) is 5.75 Å². The van der Waals surface area contributed by atoms with Crippen LogP contribution in [0.3, 0.4) is 0 Å². The van der Waals surface area contributed by atoms with Gasteiger partial charge in [0.2, 0.25) is 11.2 Å². The summed E-state index contributed by atoms with van der Waals surface area (Å²) in [5.74, 6) is 0.921. The first-order valence-corrected chi connectivity index (χ1v) is 11.0. The topological polar surface area (TPSA) is 81.0 Å². The molecule has 1 amide bonds. The van der Waals surface area contributed by atoms with Gasteiger partial charge in [0.15, 0.2) is 0 Å². The second kappa shape index (κ2) is 9.20. The number of fused-ring (bicyclic) bond motifs is 1. The van der Waals surface area contributed by atoms with Gasteiger partial charge >= 0.3 is 6.09 Å². The molecule has 1 aliphatic carbocycles. The summed E-state index contributed by atoms with van der Waals surface area (Å²) in [4.78, 5) is 26.6. The molecule has 170 valence electrons. The molecule has 0 saturated heterocycles. The highest BCUT2D eigenvalue weighted by Crippen LogP contribution is 2.24. The van der Waals surface area contributed by atoms with Gasteiger partial charge in [-0.3, -0.25) is 9.69 Å². The van der Waals surface area contributed by atoms with Crippen LogP contribution >= 0.6 is 0 Å². The molecule has 0 spiro atoms. The van der Waals surface area contributed by atoms with Crippen molar-refractivity contribution in [3.63, 3.8) is 0 Å². The number of nitrogens with zero attached hydrogens (tertiary/aromatic N) is 1. The maximum Gasteiger partial charge on any atom is 0.408 e. The van der Waals surface area contributed by atoms with Crippen molar-refractivity contribution >= 4 is 6.09 Å². The molecule has 0 radical (unpaired) electrons. The molecule has 2 aliphatic rings. The fraction of sp³-hybridized carbons (Fsp3) is 0.440. The molecule has 2 atom stereocenters. The molecule has 0 saturated carbocycles. The number of carbonyl (C=O) groups is 1. The fourth-order valence-electron chi connectivity index (χ4n) is 4.02. The van der Waals surface area contributed by atoms with E-state index in [1.54, 1.807) is 0 Å². The van der Waals surface area contributed by atoms with Crippen LogP contribution in [0.4, 0.5) is 4.79 Å². The molecule has 0 unspecified atom stereocenters. The first kappa shape index (κ1) is 22.1. The number of amides is 1. The third-order valence-corrected chi connectivity index (χ3v) is 5.47. The Labute approximate surface area is 188 Å². The summed E-state index contributed by atoms with van der Waals surface area (Å²) in [5, 5.41) is 2.83. The number of benzene rings is 1. The Kier molecular flexibility index (Phi) is 6.37. The average Bonchev–Trinajstić information content (AvgIpc) is 3.31. The van der Waals surface area contributed by atoms with Crippen molar-refractivity contribution in [3.05, 3.63) is 75.9 Å². The van der Waals surface area contributed by atoms with Gasteiger partial charge in [-0.05, 0) is 38.3 Å². The van der Waals surface area contributed by atoms with Crippen LogP contribution < -0.4 is 15.5 Å². The Balaban J connectivity index is 1.24. The molecule has 7 nitrogen and oxygen atoms in total. The van der Waals surface area contributed by atoms with E-state index in [4.69, 9.17) is 13.9 Å². The summed E-state index contributed by atoms with van der Waals surface area (Å²) in [6.45, 7) is 8.11. The Morgan fingerprint density at radius 3 is 2.56 bits per heavy atom. The third kappa shape index (κ3) is 5.79. The van der Waals surface area contributed by atoms with Gasteiger partial charge in [-0.25, -0.2) is 4.79 Å². The number of hydrogen-bond acceptors (Lipinski definition) is 6. The molecule has 2 aromatic rings. The minimum atomic E-state index is -0.534. The standard InChI is InChI=1S/C25H30N2O5/c1-25(2,3)32-24(29)26-20-9-8-17(10-20)15-31-23-16-30-21(11-22(23)28)14-27-12-18-6-4-5-7-19(18)13-27/h4-9,11,16-17,20H,10,12-15H2,1-3H3,(H,26,29)/t17-,20+/m0/s1. The van der Waals surface area contributed by atoms with E-state index in [2.05, 4.69) is 22.3 Å². The van der Waals surface area contributed by atoms with E-state index in [-0.39, 0.29) is 23.1 Å². The van der Waals surface area contributed by atoms with Crippen molar-refractivity contribution in [3.8, 4) is 5.75 Å². The summed E-state index contributed by atoms with van der Waals surface area (Å²) >= 11 is 0. The zero-order valence-electron chi connectivity index (χ0n) is 18.8. The lowest BCUT2D eigenvalue weighted by molar-refractivity contribution is 0.0511. The van der Waals surface area contributed by atoms with Crippen LogP contribution in [0.2, 0.25) is 0 Å². The van der Waals surface area contributed by atoms with Crippen LogP contribution in [0, 0.1) is 5.92 Å². The van der Waals surface area contributed by atoms with Gasteiger partial charge in [0.25, 0.3) is 0 Å². The first-order valence-electron chi connectivity index (χ1n) is 11.0. The van der Waals surface area contributed by atoms with Crippen molar-refractivity contribution < 1.29 is 18.7 Å². The maximum absolute atomic E-state index is 12.5. The van der Waals surface area contributed by atoms with Gasteiger partial charge in [0.05, 0.1) is 19.2 Å². The predicted molar refractivity (Wildman–Crippen MR) is 120 cm³/mol. The molecular weight excluding hydrogens is 408 g/mol. The van der Waals surface area contributed by atoms with E-state index in [0.717, 1.165) is 13.1 Å². The largest absolute Gasteiger partial charge is 0.486 e. The predicted octanol–water partition coefficient (Wildman–Crippen LogP) is 4.00. The first-order chi connectivity index (χ1) is 15.2. The SMILES string of the molecule is CC(C)(C)OC(=O)N[C@@H]1C=C[C@H](COc2coc(CN3Cc4ccccc4C3)cc2=O)C1. The zero-order chi connectivity index (χ0) is 22.7. The van der Waals surface area contributed by atoms with E-state index >= 15 is 0 Å². The third-order valence-electron chi connectivity index (χ3n) is 5.47. The highest BCUT2D eigenvalue weighted by molar-refractivity contribution is 5.68. The number of nitrogens with one attached hydrogen (secondary N) is 1. The van der Waals surface area contributed by atoms with E-state index < -0.39 is 11.7 Å². The normalized spacial score (nSPS) is 20.2. The van der Waals surface area contributed by atoms with Gasteiger partial charge in [0, 0.05) is 25.1 Å². The highest BCUT2D eigenvalue weighted by atomic mass is 16.6. The van der Waals surface area contributed by atoms with Crippen LogP contribution in [0.15, 0.2) is 58.0 Å². The molecule has 4 rings (SSSR count). The number of ether oxygens (including phenoxy) is 2. The molecule has 1 aliphatic heterocycles. The van der Waals surface area contributed by atoms with E-state index in [1.807, 2.05) is 45.1 Å². The minimum Gasteiger partial charge on any atom is -0.486 e. The minimum absolute atomic E-state index is 0.0946. The van der Waals surface area contributed by atoms with Crippen molar-refractivity contribution in [2.75, 3.05) is 6.61 Å². The Bertz CT molecular complexity index is 1030. The van der Waals surface area contributed by atoms with Crippen LogP contribution in [-0.2, 0) is 24.4 Å². The molecule has 0 bridgehead atoms. The average molecular weight is 439 g/mol. The van der Waals surface area contributed by atoms with Gasteiger partial charge in [-0.15, -0.1) is 0 Å². The maximum atomic E-state index is 12.5. The molecule has 1 aromatic carbocycles. The van der Waals surface area contributed by atoms with E-state index in [9.17, 15) is 9.59 Å². The lowest BCUT2D eigenvalue weighted by Gasteiger charge is -2.21. The molecular formula is C25H30N2O5. The van der Waals surface area contributed by atoms with E-state index in [0.29, 0.717) is 25.3 Å². The van der Waals surface area contributed by atoms with Crippen molar-refractivity contribution in [1.82, 2.24) is 10.2 Å². The van der Waals surface area contributed by atoms with Crippen molar-refractivity contribution in [2.45, 2.75) is 58.5 Å². The molecule has 7 heteroatoms. The van der Waals surface area contributed by atoms with E-state index in [1.165, 1.54) is 23.5 Å². The second-order valence-corrected chi connectivity index (χ2v) is 9.43. The molecule has 0 fully saturated rings. The summed E-state index contributed by atoms with van der Waals surface area (Å²) in [6, 6.07) is 9.76. The van der Waals surface area contributed by atoms with Gasteiger partial charge in [-0.1, -0.05) is 36.4 Å². The Morgan fingerprint density at radius 1 is 1.19 bits per heavy atom. The van der Waals surface area contributed by atoms with Crippen LogP contribution in [-0.4, -0.2) is 29.2 Å². The quantitative estimate of drug-likeness (QED) is 0.687. The zero-order valence-corrected chi connectivity index (χ0v) is 18.8. The van der Waals surface area contributed by atoms with Crippen LogP contribution in [0.25, 0.3) is 0 Å². The smallest absolute Gasteiger partial charge is 0.408 e. The monoisotopic (exact) mass is 438 g/mol. The molecule has 1 N–H and O–H groups in total. The molecule has 32 heavy (non-hydrogen) atoms. The van der Waals surface area contributed by atoms with Crippen molar-refractivity contribution in [2.24, 2.45) is 5.92 Å². The number of rotatable bonds is 6. The molecule has 2 heterocycles. The Hall–Kier alpha value is -3.06. The van der Waals surface area contributed by atoms with Gasteiger partial charge < -0.3 is 19.2 Å². The Morgan fingerprint density at radius 2 is 1.91 bits per heavy atom. The molecule has 1 aromatic heterocycles. The van der Waals surface area contributed by atoms with Gasteiger partial charge in [-0.2, -0.15) is 0 Å². The summed E-state index contributed by atoms with van der Waals surface area (Å²) in [5.41, 5.74) is 1.92.